The molecule has 2 heterocycles. The van der Waals surface area contributed by atoms with Crippen molar-refractivity contribution in [2.45, 2.75) is 0 Å². The van der Waals surface area contributed by atoms with Gasteiger partial charge in [-0.15, -0.1) is 11.3 Å². The fourth-order valence-corrected chi connectivity index (χ4v) is 5.04. The third-order valence-corrected chi connectivity index (χ3v) is 6.58. The number of hydrogen-bond acceptors (Lipinski definition) is 3. The lowest BCUT2D eigenvalue weighted by molar-refractivity contribution is 0.620. The summed E-state index contributed by atoms with van der Waals surface area (Å²) in [4.78, 5) is 4.74. The summed E-state index contributed by atoms with van der Waals surface area (Å²) in [6.45, 7) is 0. The Labute approximate surface area is 163 Å². The number of aromatic nitrogens is 1. The van der Waals surface area contributed by atoms with Gasteiger partial charge < -0.3 is 4.42 Å². The Hall–Kier alpha value is -2.88. The fraction of sp³-hybridized carbons (Fsp3) is 0. The SMILES string of the molecule is Clc1cccc2c1sc1cc3nc(-c4ccc5ccccc5c4)oc3cc12. The van der Waals surface area contributed by atoms with E-state index >= 15 is 0 Å². The maximum Gasteiger partial charge on any atom is 0.227 e. The van der Waals surface area contributed by atoms with E-state index in [1.807, 2.05) is 24.3 Å². The molecule has 2 nitrogen and oxygen atoms in total. The molecular weight excluding hydrogens is 374 g/mol. The second-order valence-electron chi connectivity index (χ2n) is 6.62. The number of thiophene rings is 1. The van der Waals surface area contributed by atoms with Crippen LogP contribution in [0.15, 0.2) is 77.2 Å². The lowest BCUT2D eigenvalue weighted by Crippen LogP contribution is -1.78. The first-order valence-electron chi connectivity index (χ1n) is 8.67. The molecule has 0 spiro atoms. The standard InChI is InChI=1S/C23H12ClNOS/c24-18-7-3-6-16-17-11-20-19(12-21(17)27-22(16)18)25-23(26-20)15-9-8-13-4-1-2-5-14(13)10-15/h1-12H. The van der Waals surface area contributed by atoms with Crippen LogP contribution in [-0.4, -0.2) is 4.98 Å². The molecule has 0 N–H and O–H groups in total. The number of hydrogen-bond donors (Lipinski definition) is 0. The highest BCUT2D eigenvalue weighted by Crippen LogP contribution is 2.40. The van der Waals surface area contributed by atoms with Crippen molar-refractivity contribution in [2.75, 3.05) is 0 Å². The normalized spacial score (nSPS) is 11.9. The third kappa shape index (κ3) is 2.29. The molecule has 0 radical (unpaired) electrons. The summed E-state index contributed by atoms with van der Waals surface area (Å²) in [7, 11) is 0. The first-order chi connectivity index (χ1) is 13.3. The van der Waals surface area contributed by atoms with Crippen LogP contribution in [-0.2, 0) is 0 Å². The van der Waals surface area contributed by atoms with Gasteiger partial charge in [0.25, 0.3) is 0 Å². The van der Waals surface area contributed by atoms with E-state index in [2.05, 4.69) is 48.5 Å². The highest BCUT2D eigenvalue weighted by atomic mass is 35.5. The maximum absolute atomic E-state index is 6.36. The molecule has 0 bridgehead atoms. The molecule has 4 aromatic carbocycles. The van der Waals surface area contributed by atoms with Gasteiger partial charge in [0, 0.05) is 21.0 Å². The summed E-state index contributed by atoms with van der Waals surface area (Å²) < 4.78 is 8.40. The summed E-state index contributed by atoms with van der Waals surface area (Å²) in [5.41, 5.74) is 2.65. The van der Waals surface area contributed by atoms with Crippen LogP contribution >= 0.6 is 22.9 Å². The van der Waals surface area contributed by atoms with Crippen LogP contribution in [0, 0.1) is 0 Å². The van der Waals surface area contributed by atoms with Crippen LogP contribution in [0.1, 0.15) is 0 Å². The Kier molecular flexibility index (Phi) is 3.13. The number of benzene rings is 4. The Balaban J connectivity index is 1.58. The van der Waals surface area contributed by atoms with Crippen LogP contribution < -0.4 is 0 Å². The minimum atomic E-state index is 0.649. The fourth-order valence-electron chi connectivity index (χ4n) is 3.63. The van der Waals surface area contributed by atoms with Gasteiger partial charge in [0.1, 0.15) is 5.52 Å². The summed E-state index contributed by atoms with van der Waals surface area (Å²) in [5, 5.41) is 5.49. The van der Waals surface area contributed by atoms with E-state index in [0.29, 0.717) is 5.89 Å². The molecule has 6 aromatic rings. The number of rotatable bonds is 1. The van der Waals surface area contributed by atoms with Gasteiger partial charge in [-0.1, -0.05) is 54.1 Å². The van der Waals surface area contributed by atoms with E-state index in [1.165, 1.54) is 15.5 Å². The number of nitrogens with zero attached hydrogens (tertiary/aromatic N) is 1. The predicted molar refractivity (Wildman–Crippen MR) is 115 cm³/mol. The minimum Gasteiger partial charge on any atom is -0.436 e. The van der Waals surface area contributed by atoms with Crippen LogP contribution in [0.5, 0.6) is 0 Å². The lowest BCUT2D eigenvalue weighted by Gasteiger charge is -1.99. The molecular formula is C23H12ClNOS. The quantitative estimate of drug-likeness (QED) is 0.290. The number of fused-ring (bicyclic) bond motifs is 5. The Morgan fingerprint density at radius 1 is 0.815 bits per heavy atom. The number of halogens is 1. The van der Waals surface area contributed by atoms with E-state index < -0.39 is 0 Å². The van der Waals surface area contributed by atoms with Gasteiger partial charge in [0.15, 0.2) is 5.58 Å². The van der Waals surface area contributed by atoms with Crippen molar-refractivity contribution in [1.82, 2.24) is 4.98 Å². The average molecular weight is 386 g/mol. The minimum absolute atomic E-state index is 0.649. The van der Waals surface area contributed by atoms with Gasteiger partial charge in [-0.2, -0.15) is 0 Å². The molecule has 4 heteroatoms. The summed E-state index contributed by atoms with van der Waals surface area (Å²) >= 11 is 8.05. The molecule has 0 aliphatic carbocycles. The Morgan fingerprint density at radius 3 is 2.63 bits per heavy atom. The monoisotopic (exact) mass is 385 g/mol. The Bertz CT molecular complexity index is 1490. The molecule has 0 atom stereocenters. The first-order valence-corrected chi connectivity index (χ1v) is 9.86. The molecule has 6 rings (SSSR count). The molecule has 0 aliphatic heterocycles. The van der Waals surface area contributed by atoms with Crippen molar-refractivity contribution in [3.63, 3.8) is 0 Å². The summed E-state index contributed by atoms with van der Waals surface area (Å²) in [6.07, 6.45) is 0. The molecule has 0 fully saturated rings. The van der Waals surface area contributed by atoms with Crippen molar-refractivity contribution in [2.24, 2.45) is 0 Å². The predicted octanol–water partition coefficient (Wildman–Crippen LogP) is 7.67. The van der Waals surface area contributed by atoms with E-state index in [9.17, 15) is 0 Å². The topological polar surface area (TPSA) is 26.0 Å². The van der Waals surface area contributed by atoms with E-state index in [1.54, 1.807) is 11.3 Å². The van der Waals surface area contributed by atoms with Crippen LogP contribution in [0.4, 0.5) is 0 Å². The zero-order chi connectivity index (χ0) is 18.0. The average Bonchev–Trinajstić information content (AvgIpc) is 3.27. The third-order valence-electron chi connectivity index (χ3n) is 4.96. The molecule has 0 saturated carbocycles. The smallest absolute Gasteiger partial charge is 0.227 e. The van der Waals surface area contributed by atoms with Crippen molar-refractivity contribution in [3.8, 4) is 11.5 Å². The van der Waals surface area contributed by atoms with Crippen LogP contribution in [0.3, 0.4) is 0 Å². The molecule has 0 saturated heterocycles. The lowest BCUT2D eigenvalue weighted by atomic mass is 10.1. The largest absolute Gasteiger partial charge is 0.436 e. The van der Waals surface area contributed by atoms with Crippen LogP contribution in [0.2, 0.25) is 5.02 Å². The Morgan fingerprint density at radius 2 is 1.70 bits per heavy atom. The molecule has 0 aliphatic rings. The van der Waals surface area contributed by atoms with Gasteiger partial charge in [-0.3, -0.25) is 0 Å². The van der Waals surface area contributed by atoms with Gasteiger partial charge in [0.05, 0.1) is 9.72 Å². The van der Waals surface area contributed by atoms with Gasteiger partial charge in [0.2, 0.25) is 5.89 Å². The molecule has 128 valence electrons. The zero-order valence-corrected chi connectivity index (χ0v) is 15.6. The number of oxazole rings is 1. The zero-order valence-electron chi connectivity index (χ0n) is 14.1. The molecule has 0 unspecified atom stereocenters. The van der Waals surface area contributed by atoms with E-state index in [0.717, 1.165) is 37.2 Å². The van der Waals surface area contributed by atoms with E-state index in [-0.39, 0.29) is 0 Å². The maximum atomic E-state index is 6.36. The molecule has 2 aromatic heterocycles. The van der Waals surface area contributed by atoms with Gasteiger partial charge in [-0.25, -0.2) is 4.98 Å². The van der Waals surface area contributed by atoms with E-state index in [4.69, 9.17) is 21.0 Å². The van der Waals surface area contributed by atoms with Crippen LogP contribution in [0.25, 0.3) is 53.5 Å². The first kappa shape index (κ1) is 15.2. The molecule has 0 amide bonds. The highest BCUT2D eigenvalue weighted by Gasteiger charge is 2.14. The van der Waals surface area contributed by atoms with Crippen molar-refractivity contribution in [3.05, 3.63) is 77.8 Å². The summed E-state index contributed by atoms with van der Waals surface area (Å²) in [6, 6.07) is 24.8. The van der Waals surface area contributed by atoms with Gasteiger partial charge >= 0.3 is 0 Å². The van der Waals surface area contributed by atoms with Crippen molar-refractivity contribution < 1.29 is 4.42 Å². The molecule has 27 heavy (non-hydrogen) atoms. The second kappa shape index (κ2) is 5.56. The highest BCUT2D eigenvalue weighted by molar-refractivity contribution is 7.26. The van der Waals surface area contributed by atoms with Crippen molar-refractivity contribution in [1.29, 1.82) is 0 Å². The second-order valence-corrected chi connectivity index (χ2v) is 8.08. The van der Waals surface area contributed by atoms with Crippen molar-refractivity contribution >= 4 is 65.0 Å². The summed E-state index contributed by atoms with van der Waals surface area (Å²) in [5.74, 6) is 0.649. The van der Waals surface area contributed by atoms with Gasteiger partial charge in [-0.05, 0) is 41.1 Å².